The Morgan fingerprint density at radius 2 is 1.73 bits per heavy atom. The summed E-state index contributed by atoms with van der Waals surface area (Å²) in [4.78, 5) is 32.2. The van der Waals surface area contributed by atoms with E-state index in [9.17, 15) is 27.6 Å². The number of carbonyl (C=O) groups is 3. The van der Waals surface area contributed by atoms with E-state index in [1.165, 1.54) is 0 Å². The van der Waals surface area contributed by atoms with Gasteiger partial charge in [0, 0.05) is 12.2 Å². The zero-order valence-electron chi connectivity index (χ0n) is 7.08. The van der Waals surface area contributed by atoms with Gasteiger partial charge in [-0.15, -0.1) is 0 Å². The number of esters is 1. The molecule has 15 heavy (non-hydrogen) atoms. The zero-order chi connectivity index (χ0) is 11.6. The molecule has 0 unspecified atom stereocenters. The number of ether oxygens (including phenoxy) is 1. The average molecular weight is 223 g/mol. The maximum Gasteiger partial charge on any atom is 0.490 e. The molecule has 1 rings (SSSR count). The smallest absolute Gasteiger partial charge is 0.437 e. The fourth-order valence-corrected chi connectivity index (χ4v) is 0.763. The van der Waals surface area contributed by atoms with Gasteiger partial charge in [-0.1, -0.05) is 0 Å². The lowest BCUT2D eigenvalue weighted by atomic mass is 10.6. The summed E-state index contributed by atoms with van der Waals surface area (Å²) in [5.74, 6) is -4.10. The highest BCUT2D eigenvalue weighted by Gasteiger charge is 2.41. The number of carbonyl (C=O) groups excluding carboxylic acids is 3. The molecule has 0 aromatic carbocycles. The van der Waals surface area contributed by atoms with E-state index >= 15 is 0 Å². The maximum atomic E-state index is 11.6. The zero-order valence-corrected chi connectivity index (χ0v) is 7.08. The minimum atomic E-state index is -5.14. The van der Waals surface area contributed by atoms with Crippen molar-refractivity contribution in [3.05, 3.63) is 12.2 Å². The quantitative estimate of drug-likeness (QED) is 0.487. The highest BCUT2D eigenvalue weighted by atomic mass is 19.4. The Morgan fingerprint density at radius 1 is 1.27 bits per heavy atom. The summed E-state index contributed by atoms with van der Waals surface area (Å²) >= 11 is 0. The van der Waals surface area contributed by atoms with Crippen molar-refractivity contribution in [2.75, 3.05) is 6.73 Å². The third-order valence-electron chi connectivity index (χ3n) is 1.46. The number of nitrogens with zero attached hydrogens (tertiary/aromatic N) is 1. The van der Waals surface area contributed by atoms with Gasteiger partial charge in [0.25, 0.3) is 11.8 Å². The molecule has 0 fully saturated rings. The van der Waals surface area contributed by atoms with E-state index in [-0.39, 0.29) is 0 Å². The van der Waals surface area contributed by atoms with Crippen molar-refractivity contribution in [3.63, 3.8) is 0 Å². The Morgan fingerprint density at radius 3 is 2.13 bits per heavy atom. The van der Waals surface area contributed by atoms with Gasteiger partial charge in [0.05, 0.1) is 0 Å². The highest BCUT2D eigenvalue weighted by molar-refractivity contribution is 6.12. The van der Waals surface area contributed by atoms with Gasteiger partial charge in [-0.3, -0.25) is 9.59 Å². The Hall–Kier alpha value is -1.86. The van der Waals surface area contributed by atoms with Gasteiger partial charge in [-0.2, -0.15) is 13.2 Å². The van der Waals surface area contributed by atoms with E-state index in [0.717, 1.165) is 12.2 Å². The van der Waals surface area contributed by atoms with E-state index in [0.29, 0.717) is 4.90 Å². The van der Waals surface area contributed by atoms with Crippen molar-refractivity contribution in [2.24, 2.45) is 0 Å². The van der Waals surface area contributed by atoms with Gasteiger partial charge in [-0.25, -0.2) is 9.69 Å². The first-order valence-electron chi connectivity index (χ1n) is 3.60. The second-order valence-corrected chi connectivity index (χ2v) is 2.50. The van der Waals surface area contributed by atoms with Crippen LogP contribution >= 0.6 is 0 Å². The van der Waals surface area contributed by atoms with Crippen LogP contribution in [-0.2, 0) is 19.1 Å². The van der Waals surface area contributed by atoms with Gasteiger partial charge in [0.1, 0.15) is 0 Å². The van der Waals surface area contributed by atoms with Crippen molar-refractivity contribution in [3.8, 4) is 0 Å². The number of alkyl halides is 3. The molecule has 0 bridgehead atoms. The molecular formula is C7H4F3NO4. The van der Waals surface area contributed by atoms with Crippen LogP contribution in [0, 0.1) is 0 Å². The number of amides is 2. The molecule has 0 radical (unpaired) electrons. The summed E-state index contributed by atoms with van der Waals surface area (Å²) in [6.45, 7) is -1.04. The highest BCUT2D eigenvalue weighted by Crippen LogP contribution is 2.16. The molecule has 1 aliphatic rings. The van der Waals surface area contributed by atoms with Gasteiger partial charge >= 0.3 is 12.1 Å². The Balaban J connectivity index is 2.49. The first-order valence-corrected chi connectivity index (χ1v) is 3.60. The van der Waals surface area contributed by atoms with Crippen molar-refractivity contribution in [2.45, 2.75) is 6.18 Å². The van der Waals surface area contributed by atoms with Crippen molar-refractivity contribution in [1.82, 2.24) is 4.90 Å². The fourth-order valence-electron chi connectivity index (χ4n) is 0.763. The van der Waals surface area contributed by atoms with Crippen LogP contribution in [-0.4, -0.2) is 35.6 Å². The van der Waals surface area contributed by atoms with E-state index < -0.39 is 30.7 Å². The summed E-state index contributed by atoms with van der Waals surface area (Å²) in [5.41, 5.74) is 0. The molecule has 1 heterocycles. The van der Waals surface area contributed by atoms with E-state index in [4.69, 9.17) is 0 Å². The second kappa shape index (κ2) is 3.71. The van der Waals surface area contributed by atoms with Crippen molar-refractivity contribution < 1.29 is 32.3 Å². The molecule has 0 spiro atoms. The third kappa shape index (κ3) is 2.55. The van der Waals surface area contributed by atoms with Crippen LogP contribution in [0.25, 0.3) is 0 Å². The second-order valence-electron chi connectivity index (χ2n) is 2.50. The number of imide groups is 1. The largest absolute Gasteiger partial charge is 0.490 e. The lowest BCUT2D eigenvalue weighted by Gasteiger charge is -2.14. The molecular weight excluding hydrogens is 219 g/mol. The minimum Gasteiger partial charge on any atom is -0.437 e. The van der Waals surface area contributed by atoms with Crippen molar-refractivity contribution in [1.29, 1.82) is 0 Å². The summed E-state index contributed by atoms with van der Waals surface area (Å²) in [6, 6.07) is 0. The molecule has 2 amide bonds. The Kier molecular flexibility index (Phi) is 2.78. The van der Waals surface area contributed by atoms with Crippen molar-refractivity contribution >= 4 is 17.8 Å². The van der Waals surface area contributed by atoms with Crippen LogP contribution in [0.15, 0.2) is 12.2 Å². The van der Waals surface area contributed by atoms with Gasteiger partial charge in [0.2, 0.25) is 0 Å². The lowest BCUT2D eigenvalue weighted by Crippen LogP contribution is -2.36. The molecule has 8 heteroatoms. The third-order valence-corrected chi connectivity index (χ3v) is 1.46. The molecule has 0 saturated heterocycles. The van der Waals surface area contributed by atoms with Crippen LogP contribution in [0.2, 0.25) is 0 Å². The molecule has 5 nitrogen and oxygen atoms in total. The first kappa shape index (κ1) is 11.2. The molecule has 0 aliphatic carbocycles. The molecule has 82 valence electrons. The van der Waals surface area contributed by atoms with Crippen LogP contribution < -0.4 is 0 Å². The summed E-state index contributed by atoms with van der Waals surface area (Å²) in [5, 5.41) is 0. The van der Waals surface area contributed by atoms with Gasteiger partial charge < -0.3 is 4.74 Å². The number of hydrogen-bond donors (Lipinski definition) is 0. The number of halogens is 3. The molecule has 1 aliphatic heterocycles. The van der Waals surface area contributed by atoms with Crippen LogP contribution in [0.1, 0.15) is 0 Å². The molecule has 0 atom stereocenters. The fraction of sp³-hybridized carbons (Fsp3) is 0.286. The molecule has 0 aromatic heterocycles. The van der Waals surface area contributed by atoms with E-state index in [2.05, 4.69) is 4.74 Å². The summed E-state index contributed by atoms with van der Waals surface area (Å²) in [7, 11) is 0. The lowest BCUT2D eigenvalue weighted by molar-refractivity contribution is -0.203. The standard InChI is InChI=1S/C7H4F3NO4/c8-7(9,10)6(14)15-3-11-4(12)1-2-5(11)13/h1-2H,3H2. The predicted octanol–water partition coefficient (Wildman–Crippen LogP) is -0.0256. The SMILES string of the molecule is O=C1C=CC(=O)N1COC(=O)C(F)(F)F. The predicted molar refractivity (Wildman–Crippen MR) is 38.0 cm³/mol. The number of hydrogen-bond acceptors (Lipinski definition) is 4. The van der Waals surface area contributed by atoms with Crippen LogP contribution in [0.5, 0.6) is 0 Å². The van der Waals surface area contributed by atoms with E-state index in [1.807, 2.05) is 0 Å². The molecule has 0 aromatic rings. The average Bonchev–Trinajstić information content (AvgIpc) is 2.41. The van der Waals surface area contributed by atoms with Gasteiger partial charge in [-0.05, 0) is 0 Å². The normalized spacial score (nSPS) is 16.1. The minimum absolute atomic E-state index is 0.365. The Labute approximate surface area is 81.1 Å². The Bertz CT molecular complexity index is 329. The molecule has 0 N–H and O–H groups in total. The summed E-state index contributed by atoms with van der Waals surface area (Å²) in [6.07, 6.45) is -3.41. The monoisotopic (exact) mass is 223 g/mol. The molecule has 0 saturated carbocycles. The number of rotatable bonds is 2. The van der Waals surface area contributed by atoms with Gasteiger partial charge in [0.15, 0.2) is 6.73 Å². The summed E-state index contributed by atoms with van der Waals surface area (Å²) < 4.78 is 38.6. The first-order chi connectivity index (χ1) is 6.82. The van der Waals surface area contributed by atoms with E-state index in [1.54, 1.807) is 0 Å². The topological polar surface area (TPSA) is 63.7 Å². The van der Waals surface area contributed by atoms with Crippen LogP contribution in [0.3, 0.4) is 0 Å². The maximum absolute atomic E-state index is 11.6. The van der Waals surface area contributed by atoms with Crippen LogP contribution in [0.4, 0.5) is 13.2 Å².